The Hall–Kier alpha value is -2.62. The summed E-state index contributed by atoms with van der Waals surface area (Å²) in [7, 11) is -3.85. The number of hydrogen-bond acceptors (Lipinski definition) is 6. The Morgan fingerprint density at radius 3 is 2.66 bits per heavy atom. The summed E-state index contributed by atoms with van der Waals surface area (Å²) in [6.07, 6.45) is 5.84. The largest absolute Gasteiger partial charge is 0.491 e. The fourth-order valence-corrected chi connectivity index (χ4v) is 5.48. The van der Waals surface area contributed by atoms with Crippen LogP contribution in [0.1, 0.15) is 63.6 Å². The van der Waals surface area contributed by atoms with E-state index in [0.717, 1.165) is 56.7 Å². The minimum Gasteiger partial charge on any atom is -0.491 e. The molecule has 0 aliphatic carbocycles. The Bertz CT molecular complexity index is 1050. The number of amides is 1. The van der Waals surface area contributed by atoms with Gasteiger partial charge in [-0.3, -0.25) is 9.52 Å². The predicted molar refractivity (Wildman–Crippen MR) is 121 cm³/mol. The molecule has 9 nitrogen and oxygen atoms in total. The molecule has 2 aliphatic rings. The number of rotatable bonds is 7. The lowest BCUT2D eigenvalue weighted by Crippen LogP contribution is -2.37. The molecule has 3 heterocycles. The molecule has 32 heavy (non-hydrogen) atoms. The molecule has 1 aromatic carbocycles. The number of anilines is 1. The predicted octanol–water partition coefficient (Wildman–Crippen LogP) is 2.90. The van der Waals surface area contributed by atoms with Crippen molar-refractivity contribution in [1.82, 2.24) is 19.7 Å². The highest BCUT2D eigenvalue weighted by atomic mass is 32.2. The van der Waals surface area contributed by atoms with Crippen LogP contribution in [-0.2, 0) is 27.8 Å². The van der Waals surface area contributed by atoms with Crippen LogP contribution in [0.4, 0.5) is 5.69 Å². The molecule has 1 fully saturated rings. The number of hydrogen-bond donors (Lipinski definition) is 1. The van der Waals surface area contributed by atoms with E-state index in [1.165, 1.54) is 0 Å². The number of carbonyl (C=O) groups excluding carboxylic acids is 1. The van der Waals surface area contributed by atoms with Crippen molar-refractivity contribution < 1.29 is 17.9 Å². The van der Waals surface area contributed by atoms with Crippen molar-refractivity contribution in [3.8, 4) is 5.75 Å². The maximum atomic E-state index is 13.0. The number of fused-ring (bicyclic) bond motifs is 1. The van der Waals surface area contributed by atoms with Crippen LogP contribution < -0.4 is 9.46 Å². The summed E-state index contributed by atoms with van der Waals surface area (Å²) < 4.78 is 35.6. The Kier molecular flexibility index (Phi) is 6.68. The molecule has 0 spiro atoms. The molecule has 2 aromatic rings. The van der Waals surface area contributed by atoms with Crippen molar-refractivity contribution >= 4 is 21.6 Å². The highest BCUT2D eigenvalue weighted by Gasteiger charge is 2.36. The molecule has 1 saturated heterocycles. The number of benzene rings is 1. The molecule has 0 saturated carbocycles. The average Bonchev–Trinajstić information content (AvgIpc) is 3.29. The Labute approximate surface area is 189 Å². The molecule has 1 amide bonds. The number of nitrogens with one attached hydrogen (secondary N) is 1. The summed E-state index contributed by atoms with van der Waals surface area (Å²) in [6, 6.07) is 6.44. The highest BCUT2D eigenvalue weighted by molar-refractivity contribution is 7.93. The number of aryl methyl sites for hydroxylation is 1. The van der Waals surface area contributed by atoms with Crippen molar-refractivity contribution in [3.63, 3.8) is 0 Å². The number of likely N-dealkylation sites (tertiary alicyclic amines) is 1. The van der Waals surface area contributed by atoms with Gasteiger partial charge in [0.2, 0.25) is 15.9 Å². The maximum Gasteiger partial charge on any atom is 0.241 e. The fourth-order valence-electron chi connectivity index (χ4n) is 4.42. The summed E-state index contributed by atoms with van der Waals surface area (Å²) in [6.45, 7) is 5.23. The first-order valence-electron chi connectivity index (χ1n) is 11.3. The first-order chi connectivity index (χ1) is 15.3. The van der Waals surface area contributed by atoms with Gasteiger partial charge in [0, 0.05) is 25.2 Å². The van der Waals surface area contributed by atoms with Crippen LogP contribution in [0.2, 0.25) is 0 Å². The van der Waals surface area contributed by atoms with Crippen LogP contribution in [0.25, 0.3) is 0 Å². The van der Waals surface area contributed by atoms with E-state index in [4.69, 9.17) is 4.74 Å². The van der Waals surface area contributed by atoms with Gasteiger partial charge in [-0.15, -0.1) is 10.2 Å². The van der Waals surface area contributed by atoms with Gasteiger partial charge in [-0.1, -0.05) is 6.42 Å². The molecule has 2 aliphatic heterocycles. The maximum absolute atomic E-state index is 13.0. The summed E-state index contributed by atoms with van der Waals surface area (Å²) in [5.41, 5.74) is 0.398. The lowest BCUT2D eigenvalue weighted by atomic mass is 10.2. The molecule has 4 rings (SSSR count). The van der Waals surface area contributed by atoms with Crippen LogP contribution >= 0.6 is 0 Å². The summed E-state index contributed by atoms with van der Waals surface area (Å²) in [5.74, 6) is 1.40. The van der Waals surface area contributed by atoms with Gasteiger partial charge in [0.05, 0.1) is 12.1 Å². The third kappa shape index (κ3) is 5.23. The average molecular weight is 462 g/mol. The zero-order valence-corrected chi connectivity index (χ0v) is 19.5. The van der Waals surface area contributed by atoms with Crippen molar-refractivity contribution in [2.45, 2.75) is 71.1 Å². The van der Waals surface area contributed by atoms with E-state index in [9.17, 15) is 13.2 Å². The van der Waals surface area contributed by atoms with Gasteiger partial charge in [0.15, 0.2) is 5.82 Å². The lowest BCUT2D eigenvalue weighted by molar-refractivity contribution is -0.129. The van der Waals surface area contributed by atoms with E-state index < -0.39 is 21.7 Å². The van der Waals surface area contributed by atoms with Gasteiger partial charge in [0.1, 0.15) is 17.3 Å². The molecule has 10 heteroatoms. The van der Waals surface area contributed by atoms with Crippen molar-refractivity contribution in [3.05, 3.63) is 35.9 Å². The van der Waals surface area contributed by atoms with E-state index in [2.05, 4.69) is 19.5 Å². The summed E-state index contributed by atoms with van der Waals surface area (Å²) in [5, 5.41) is 8.73. The molecule has 1 unspecified atom stereocenters. The summed E-state index contributed by atoms with van der Waals surface area (Å²) in [4.78, 5) is 14.7. The van der Waals surface area contributed by atoms with Gasteiger partial charge in [0.25, 0.3) is 0 Å². The first kappa shape index (κ1) is 22.6. The molecule has 1 aromatic heterocycles. The van der Waals surface area contributed by atoms with Crippen molar-refractivity contribution in [1.29, 1.82) is 0 Å². The zero-order valence-electron chi connectivity index (χ0n) is 18.7. The van der Waals surface area contributed by atoms with Gasteiger partial charge in [-0.05, 0) is 63.8 Å². The Balaban J connectivity index is 1.43. The van der Waals surface area contributed by atoms with Gasteiger partial charge in [-0.2, -0.15) is 0 Å². The van der Waals surface area contributed by atoms with E-state index in [1.54, 1.807) is 29.2 Å². The molecule has 0 bridgehead atoms. The van der Waals surface area contributed by atoms with Crippen molar-refractivity contribution in [2.24, 2.45) is 0 Å². The molecular weight excluding hydrogens is 430 g/mol. The number of carbonyl (C=O) groups is 1. The number of nitrogens with zero attached hydrogens (tertiary/aromatic N) is 4. The van der Waals surface area contributed by atoms with E-state index in [-0.39, 0.29) is 12.1 Å². The van der Waals surface area contributed by atoms with Crippen LogP contribution in [0.3, 0.4) is 0 Å². The molecule has 174 valence electrons. The van der Waals surface area contributed by atoms with E-state index >= 15 is 0 Å². The second-order valence-corrected chi connectivity index (χ2v) is 10.5. The van der Waals surface area contributed by atoms with Crippen LogP contribution in [0.15, 0.2) is 24.3 Å². The molecule has 0 radical (unpaired) electrons. The zero-order chi connectivity index (χ0) is 22.7. The molecular formula is C22H31N5O4S. The standard InChI is InChI=1S/C22H31N5O4S/c1-16(2)31-18-11-9-17(10-12-18)25-32(29,30)15-21(28)26-14-6-7-19(26)22-24-23-20-8-4-3-5-13-27(20)22/h9-12,16,19,25H,3-8,13-15H2,1-2H3. The second kappa shape index (κ2) is 9.48. The van der Waals surface area contributed by atoms with Gasteiger partial charge >= 0.3 is 0 Å². The number of aromatic nitrogens is 3. The van der Waals surface area contributed by atoms with Crippen LogP contribution in [-0.4, -0.2) is 52.4 Å². The van der Waals surface area contributed by atoms with Crippen LogP contribution in [0, 0.1) is 0 Å². The third-order valence-corrected chi connectivity index (χ3v) is 7.00. The van der Waals surface area contributed by atoms with Crippen molar-refractivity contribution in [2.75, 3.05) is 17.0 Å². The first-order valence-corrected chi connectivity index (χ1v) is 13.0. The fraction of sp³-hybridized carbons (Fsp3) is 0.591. The number of ether oxygens (including phenoxy) is 1. The Morgan fingerprint density at radius 2 is 1.91 bits per heavy atom. The summed E-state index contributed by atoms with van der Waals surface area (Å²) >= 11 is 0. The van der Waals surface area contributed by atoms with E-state index in [1.807, 2.05) is 13.8 Å². The Morgan fingerprint density at radius 1 is 1.12 bits per heavy atom. The van der Waals surface area contributed by atoms with Crippen LogP contribution in [0.5, 0.6) is 5.75 Å². The second-order valence-electron chi connectivity index (χ2n) is 8.73. The van der Waals surface area contributed by atoms with E-state index in [0.29, 0.717) is 18.0 Å². The number of sulfonamides is 1. The minimum atomic E-state index is -3.85. The monoisotopic (exact) mass is 461 g/mol. The SMILES string of the molecule is CC(C)Oc1ccc(NS(=O)(=O)CC(=O)N2CCCC2c2nnc3n2CCCCC3)cc1. The lowest BCUT2D eigenvalue weighted by Gasteiger charge is -2.24. The highest BCUT2D eigenvalue weighted by Crippen LogP contribution is 2.32. The third-order valence-electron chi connectivity index (χ3n) is 5.82. The molecule has 1 atom stereocenters. The van der Waals surface area contributed by atoms with Gasteiger partial charge in [-0.25, -0.2) is 8.42 Å². The quantitative estimate of drug-likeness (QED) is 0.680. The molecule has 1 N–H and O–H groups in total. The topological polar surface area (TPSA) is 106 Å². The minimum absolute atomic E-state index is 0.0313. The normalized spacial score (nSPS) is 19.0. The smallest absolute Gasteiger partial charge is 0.241 e. The van der Waals surface area contributed by atoms with Gasteiger partial charge < -0.3 is 14.2 Å².